The van der Waals surface area contributed by atoms with Gasteiger partial charge in [0.2, 0.25) is 5.82 Å². The lowest BCUT2D eigenvalue weighted by Gasteiger charge is -2.22. The van der Waals surface area contributed by atoms with E-state index in [4.69, 9.17) is 0 Å². The van der Waals surface area contributed by atoms with Crippen LogP contribution in [-0.4, -0.2) is 40.3 Å². The molecule has 2 heterocycles. The molecule has 134 valence electrons. The first-order valence-electron chi connectivity index (χ1n) is 8.77. The molecule has 6 nitrogen and oxygen atoms in total. The number of hydrogen-bond donors (Lipinski definition) is 2. The highest BCUT2D eigenvalue weighted by Gasteiger charge is 2.22. The Hall–Kier alpha value is -2.28. The summed E-state index contributed by atoms with van der Waals surface area (Å²) in [6, 6.07) is 6.36. The van der Waals surface area contributed by atoms with Crippen LogP contribution in [0.3, 0.4) is 0 Å². The lowest BCUT2D eigenvalue weighted by atomic mass is 10.00. The van der Waals surface area contributed by atoms with Crippen molar-refractivity contribution in [3.8, 4) is 5.69 Å². The van der Waals surface area contributed by atoms with Gasteiger partial charge in [-0.1, -0.05) is 26.0 Å². The third kappa shape index (κ3) is 4.04. The van der Waals surface area contributed by atoms with Crippen molar-refractivity contribution in [1.82, 2.24) is 25.4 Å². The summed E-state index contributed by atoms with van der Waals surface area (Å²) in [5.41, 5.74) is 0.300. The molecule has 0 spiro atoms. The van der Waals surface area contributed by atoms with E-state index >= 15 is 0 Å². The Morgan fingerprint density at radius 2 is 2.24 bits per heavy atom. The zero-order valence-corrected chi connectivity index (χ0v) is 14.6. The largest absolute Gasteiger partial charge is 0.349 e. The highest BCUT2D eigenvalue weighted by atomic mass is 19.1. The SMILES string of the molecule is CC(C)c1nc(C(=O)NCC2CCCNC2)nn1-c1ccccc1F. The number of nitrogens with zero attached hydrogens (tertiary/aromatic N) is 3. The van der Waals surface area contributed by atoms with E-state index in [2.05, 4.69) is 20.7 Å². The molecule has 1 aliphatic heterocycles. The lowest BCUT2D eigenvalue weighted by molar-refractivity contribution is 0.0934. The van der Waals surface area contributed by atoms with Crippen molar-refractivity contribution in [1.29, 1.82) is 0 Å². The molecular formula is C18H24FN5O. The topological polar surface area (TPSA) is 71.8 Å². The number of rotatable bonds is 5. The Morgan fingerprint density at radius 1 is 1.44 bits per heavy atom. The first kappa shape index (κ1) is 17.5. The standard InChI is InChI=1S/C18H24FN5O/c1-12(2)17-22-16(18(25)21-11-13-6-5-9-20-10-13)23-24(17)15-8-4-3-7-14(15)19/h3-4,7-8,12-13,20H,5-6,9-11H2,1-2H3,(H,21,25). The normalized spacial score (nSPS) is 17.7. The Balaban J connectivity index is 1.79. The number of benzene rings is 1. The van der Waals surface area contributed by atoms with Crippen molar-refractivity contribution in [3.63, 3.8) is 0 Å². The van der Waals surface area contributed by atoms with E-state index in [1.54, 1.807) is 18.2 Å². The van der Waals surface area contributed by atoms with Crippen molar-refractivity contribution in [2.45, 2.75) is 32.6 Å². The number of hydrogen-bond acceptors (Lipinski definition) is 4. The third-order valence-corrected chi connectivity index (χ3v) is 4.38. The lowest BCUT2D eigenvalue weighted by Crippen LogP contribution is -2.38. The summed E-state index contributed by atoms with van der Waals surface area (Å²) in [6.07, 6.45) is 2.22. The summed E-state index contributed by atoms with van der Waals surface area (Å²) in [5, 5.41) is 10.5. The number of carbonyl (C=O) groups is 1. The molecule has 0 bridgehead atoms. The maximum Gasteiger partial charge on any atom is 0.290 e. The van der Waals surface area contributed by atoms with E-state index in [0.717, 1.165) is 25.9 Å². The fraction of sp³-hybridized carbons (Fsp3) is 0.500. The predicted octanol–water partition coefficient (Wildman–Crippen LogP) is 2.26. The maximum absolute atomic E-state index is 14.1. The molecule has 0 aliphatic carbocycles. The van der Waals surface area contributed by atoms with E-state index in [9.17, 15) is 9.18 Å². The first-order chi connectivity index (χ1) is 12.1. The van der Waals surface area contributed by atoms with Crippen molar-refractivity contribution in [3.05, 3.63) is 41.7 Å². The number of aromatic nitrogens is 3. The second-order valence-electron chi connectivity index (χ2n) is 6.73. The van der Waals surface area contributed by atoms with E-state index < -0.39 is 5.82 Å². The molecule has 0 radical (unpaired) electrons. The zero-order valence-electron chi connectivity index (χ0n) is 14.6. The van der Waals surface area contributed by atoms with Crippen LogP contribution >= 0.6 is 0 Å². The van der Waals surface area contributed by atoms with Gasteiger partial charge in [-0.15, -0.1) is 5.10 Å². The fourth-order valence-corrected chi connectivity index (χ4v) is 3.01. The van der Waals surface area contributed by atoms with Crippen LogP contribution in [0.5, 0.6) is 0 Å². The third-order valence-electron chi connectivity index (χ3n) is 4.38. The summed E-state index contributed by atoms with van der Waals surface area (Å²) in [7, 11) is 0. The highest BCUT2D eigenvalue weighted by Crippen LogP contribution is 2.19. The van der Waals surface area contributed by atoms with Crippen LogP contribution in [0.25, 0.3) is 5.69 Å². The van der Waals surface area contributed by atoms with Crippen molar-refractivity contribution < 1.29 is 9.18 Å². The summed E-state index contributed by atoms with van der Waals surface area (Å²) < 4.78 is 15.6. The Kier molecular flexibility index (Phi) is 5.43. The van der Waals surface area contributed by atoms with Gasteiger partial charge in [0.15, 0.2) is 0 Å². The van der Waals surface area contributed by atoms with E-state index in [-0.39, 0.29) is 17.6 Å². The van der Waals surface area contributed by atoms with Gasteiger partial charge in [-0.05, 0) is 44.0 Å². The molecule has 1 unspecified atom stereocenters. The van der Waals surface area contributed by atoms with Crippen molar-refractivity contribution in [2.75, 3.05) is 19.6 Å². The second kappa shape index (κ2) is 7.74. The van der Waals surface area contributed by atoms with Crippen LogP contribution < -0.4 is 10.6 Å². The van der Waals surface area contributed by atoms with Gasteiger partial charge in [-0.3, -0.25) is 4.79 Å². The summed E-state index contributed by atoms with van der Waals surface area (Å²) in [5.74, 6) is 0.370. The zero-order chi connectivity index (χ0) is 17.8. The minimum Gasteiger partial charge on any atom is -0.349 e. The number of halogens is 1. The summed E-state index contributed by atoms with van der Waals surface area (Å²) in [4.78, 5) is 16.8. The van der Waals surface area contributed by atoms with E-state index in [1.807, 2.05) is 13.8 Å². The predicted molar refractivity (Wildman–Crippen MR) is 93.3 cm³/mol. The molecule has 0 saturated carbocycles. The number of amides is 1. The molecule has 1 aliphatic rings. The molecule has 3 rings (SSSR count). The van der Waals surface area contributed by atoms with Crippen LogP contribution in [-0.2, 0) is 0 Å². The Labute approximate surface area is 146 Å². The number of para-hydroxylation sites is 1. The molecule has 1 aromatic carbocycles. The molecular weight excluding hydrogens is 321 g/mol. The van der Waals surface area contributed by atoms with Gasteiger partial charge in [0, 0.05) is 12.5 Å². The van der Waals surface area contributed by atoms with Gasteiger partial charge < -0.3 is 10.6 Å². The molecule has 2 aromatic rings. The Bertz CT molecular complexity index is 737. The molecule has 7 heteroatoms. The quantitative estimate of drug-likeness (QED) is 0.872. The van der Waals surface area contributed by atoms with Gasteiger partial charge in [-0.25, -0.2) is 14.1 Å². The van der Waals surface area contributed by atoms with Gasteiger partial charge in [0.05, 0.1) is 0 Å². The molecule has 1 aromatic heterocycles. The smallest absolute Gasteiger partial charge is 0.290 e. The minimum absolute atomic E-state index is 0.0104. The van der Waals surface area contributed by atoms with Crippen LogP contribution in [0.1, 0.15) is 49.1 Å². The van der Waals surface area contributed by atoms with Crippen molar-refractivity contribution >= 4 is 5.91 Å². The first-order valence-corrected chi connectivity index (χ1v) is 8.77. The molecule has 1 amide bonds. The fourth-order valence-electron chi connectivity index (χ4n) is 3.01. The van der Waals surface area contributed by atoms with Gasteiger partial charge >= 0.3 is 0 Å². The van der Waals surface area contributed by atoms with Crippen molar-refractivity contribution in [2.24, 2.45) is 5.92 Å². The van der Waals surface area contributed by atoms with Gasteiger partial charge in [0.1, 0.15) is 17.3 Å². The second-order valence-corrected chi connectivity index (χ2v) is 6.73. The van der Waals surface area contributed by atoms with E-state index in [1.165, 1.54) is 10.7 Å². The van der Waals surface area contributed by atoms with Crippen LogP contribution in [0.4, 0.5) is 4.39 Å². The molecule has 1 fully saturated rings. The molecule has 25 heavy (non-hydrogen) atoms. The van der Waals surface area contributed by atoms with Gasteiger partial charge in [0.25, 0.3) is 5.91 Å². The number of nitrogens with one attached hydrogen (secondary N) is 2. The van der Waals surface area contributed by atoms with Gasteiger partial charge in [-0.2, -0.15) is 0 Å². The van der Waals surface area contributed by atoms with E-state index in [0.29, 0.717) is 24.0 Å². The van der Waals surface area contributed by atoms with Crippen LogP contribution in [0.2, 0.25) is 0 Å². The minimum atomic E-state index is -0.394. The maximum atomic E-state index is 14.1. The summed E-state index contributed by atoms with van der Waals surface area (Å²) >= 11 is 0. The molecule has 1 saturated heterocycles. The van der Waals surface area contributed by atoms with Crippen LogP contribution in [0, 0.1) is 11.7 Å². The summed E-state index contributed by atoms with van der Waals surface area (Å²) in [6.45, 7) is 6.43. The molecule has 1 atom stereocenters. The monoisotopic (exact) mass is 345 g/mol. The average Bonchev–Trinajstić information content (AvgIpc) is 3.06. The average molecular weight is 345 g/mol. The molecule has 2 N–H and O–H groups in total. The highest BCUT2D eigenvalue weighted by molar-refractivity contribution is 5.90. The number of piperidine rings is 1. The Morgan fingerprint density at radius 3 is 2.92 bits per heavy atom. The van der Waals surface area contributed by atoms with Crippen LogP contribution in [0.15, 0.2) is 24.3 Å². The number of carbonyl (C=O) groups excluding carboxylic acids is 1.